The van der Waals surface area contributed by atoms with Gasteiger partial charge in [-0.15, -0.1) is 0 Å². The number of nitrogens with one attached hydrogen (secondary N) is 2. The first-order valence-electron chi connectivity index (χ1n) is 6.40. The van der Waals surface area contributed by atoms with Gasteiger partial charge in [-0.05, 0) is 23.8 Å². The summed E-state index contributed by atoms with van der Waals surface area (Å²) >= 11 is 5.85. The lowest BCUT2D eigenvalue weighted by molar-refractivity contribution is -0.118. The van der Waals surface area contributed by atoms with Crippen molar-refractivity contribution in [2.75, 3.05) is 0 Å². The summed E-state index contributed by atoms with van der Waals surface area (Å²) in [6.07, 6.45) is 1.72. The first kappa shape index (κ1) is 13.4. The molecule has 0 bridgehead atoms. The molecular weight excluding hydrogens is 286 g/mol. The molecule has 5 heteroatoms. The van der Waals surface area contributed by atoms with Gasteiger partial charge in [-0.2, -0.15) is 0 Å². The molecule has 2 N–H and O–H groups in total. The smallest absolute Gasteiger partial charge is 0.281 e. The fraction of sp³-hybridized carbons (Fsp3) is 0. The molecule has 3 rings (SSSR count). The van der Waals surface area contributed by atoms with Gasteiger partial charge in [-0.1, -0.05) is 54.1 Å². The summed E-state index contributed by atoms with van der Waals surface area (Å²) in [5.74, 6) is 0.333. The van der Waals surface area contributed by atoms with E-state index in [0.29, 0.717) is 16.6 Å². The lowest BCUT2D eigenvalue weighted by atomic mass is 10.1. The molecule has 0 unspecified atom stereocenters. The number of hydrogen-bond acceptors (Lipinski definition) is 3. The minimum Gasteiger partial charge on any atom is -0.281 e. The highest BCUT2D eigenvalue weighted by Crippen LogP contribution is 2.15. The number of rotatable bonds is 2. The number of aliphatic imine (C=N–C) groups is 1. The Morgan fingerprint density at radius 2 is 1.67 bits per heavy atom. The van der Waals surface area contributed by atoms with E-state index in [1.54, 1.807) is 18.2 Å². The fourth-order valence-electron chi connectivity index (χ4n) is 1.93. The number of hydrazine groups is 1. The van der Waals surface area contributed by atoms with Crippen LogP contribution in [0.15, 0.2) is 65.3 Å². The molecule has 104 valence electrons. The molecule has 0 radical (unpaired) electrons. The highest BCUT2D eigenvalue weighted by Gasteiger charge is 2.17. The van der Waals surface area contributed by atoms with E-state index in [4.69, 9.17) is 11.6 Å². The predicted octanol–water partition coefficient (Wildman–Crippen LogP) is 2.76. The first-order chi connectivity index (χ1) is 10.2. The Labute approximate surface area is 127 Å². The third-order valence-corrected chi connectivity index (χ3v) is 3.23. The number of amidine groups is 1. The molecule has 4 nitrogen and oxygen atoms in total. The molecule has 1 aliphatic rings. The van der Waals surface area contributed by atoms with Crippen LogP contribution < -0.4 is 10.9 Å². The van der Waals surface area contributed by atoms with E-state index in [-0.39, 0.29) is 5.91 Å². The monoisotopic (exact) mass is 297 g/mol. The number of hydrogen-bond donors (Lipinski definition) is 2. The van der Waals surface area contributed by atoms with Crippen LogP contribution in [0.4, 0.5) is 0 Å². The Kier molecular flexibility index (Phi) is 3.71. The number of benzene rings is 2. The van der Waals surface area contributed by atoms with Crippen LogP contribution in [0.1, 0.15) is 11.1 Å². The predicted molar refractivity (Wildman–Crippen MR) is 83.7 cm³/mol. The van der Waals surface area contributed by atoms with Gasteiger partial charge in [0.2, 0.25) is 0 Å². The second kappa shape index (κ2) is 5.81. The fourth-order valence-corrected chi connectivity index (χ4v) is 2.05. The molecule has 0 aliphatic carbocycles. The highest BCUT2D eigenvalue weighted by atomic mass is 35.5. The zero-order chi connectivity index (χ0) is 14.7. The van der Waals surface area contributed by atoms with Crippen LogP contribution in [-0.4, -0.2) is 11.7 Å². The Bertz CT molecular complexity index is 721. The van der Waals surface area contributed by atoms with Gasteiger partial charge in [0, 0.05) is 10.6 Å². The molecule has 1 amide bonds. The molecule has 0 atom stereocenters. The van der Waals surface area contributed by atoms with E-state index in [9.17, 15) is 4.79 Å². The first-order valence-corrected chi connectivity index (χ1v) is 6.78. The van der Waals surface area contributed by atoms with Crippen LogP contribution >= 0.6 is 11.6 Å². The van der Waals surface area contributed by atoms with E-state index >= 15 is 0 Å². The number of halogens is 1. The van der Waals surface area contributed by atoms with Crippen LogP contribution in [0.5, 0.6) is 0 Å². The maximum atomic E-state index is 11.9. The molecule has 1 aliphatic heterocycles. The molecule has 0 spiro atoms. The Morgan fingerprint density at radius 1 is 0.952 bits per heavy atom. The van der Waals surface area contributed by atoms with Gasteiger partial charge in [-0.3, -0.25) is 15.6 Å². The summed E-state index contributed by atoms with van der Waals surface area (Å²) in [7, 11) is 0. The summed E-state index contributed by atoms with van der Waals surface area (Å²) in [5, 5.41) is 0.653. The zero-order valence-corrected chi connectivity index (χ0v) is 11.8. The maximum Gasteiger partial charge on any atom is 0.288 e. The summed E-state index contributed by atoms with van der Waals surface area (Å²) in [6.45, 7) is 0. The minimum atomic E-state index is -0.273. The topological polar surface area (TPSA) is 53.5 Å². The Morgan fingerprint density at radius 3 is 2.38 bits per heavy atom. The largest absolute Gasteiger partial charge is 0.288 e. The molecule has 0 saturated carbocycles. The maximum absolute atomic E-state index is 11.9. The average Bonchev–Trinajstić information content (AvgIpc) is 2.52. The van der Waals surface area contributed by atoms with Gasteiger partial charge in [-0.25, -0.2) is 4.99 Å². The van der Waals surface area contributed by atoms with Crippen molar-refractivity contribution < 1.29 is 4.79 Å². The third-order valence-electron chi connectivity index (χ3n) is 2.98. The summed E-state index contributed by atoms with van der Waals surface area (Å²) < 4.78 is 0. The lowest BCUT2D eigenvalue weighted by Crippen LogP contribution is -2.46. The number of amides is 1. The molecule has 1 heterocycles. The van der Waals surface area contributed by atoms with Crippen molar-refractivity contribution in [1.82, 2.24) is 10.9 Å². The molecule has 2 aromatic rings. The Hall–Kier alpha value is -2.59. The van der Waals surface area contributed by atoms with Crippen molar-refractivity contribution in [2.45, 2.75) is 0 Å². The standard InChI is InChI=1S/C16H12ClN3O/c17-13-8-6-11(7-9-13)10-14-16(21)20-19-15(18-14)12-4-2-1-3-5-12/h1-10H,(H,18,19)(H,20,21). The summed E-state index contributed by atoms with van der Waals surface area (Å²) in [6, 6.07) is 16.8. The summed E-state index contributed by atoms with van der Waals surface area (Å²) in [5.41, 5.74) is 7.51. The van der Waals surface area contributed by atoms with Gasteiger partial charge in [0.25, 0.3) is 5.91 Å². The molecule has 2 aromatic carbocycles. The van der Waals surface area contributed by atoms with Crippen molar-refractivity contribution in [3.63, 3.8) is 0 Å². The van der Waals surface area contributed by atoms with E-state index in [2.05, 4.69) is 15.8 Å². The van der Waals surface area contributed by atoms with E-state index in [0.717, 1.165) is 11.1 Å². The number of carbonyl (C=O) groups is 1. The van der Waals surface area contributed by atoms with Crippen LogP contribution in [0.3, 0.4) is 0 Å². The van der Waals surface area contributed by atoms with Crippen LogP contribution in [0, 0.1) is 0 Å². The normalized spacial score (nSPS) is 16.1. The summed E-state index contributed by atoms with van der Waals surface area (Å²) in [4.78, 5) is 16.2. The molecule has 0 saturated heterocycles. The SMILES string of the molecule is O=C1NNC(c2ccccc2)=NC1=Cc1ccc(Cl)cc1. The Balaban J connectivity index is 1.96. The van der Waals surface area contributed by atoms with Crippen LogP contribution in [-0.2, 0) is 4.79 Å². The van der Waals surface area contributed by atoms with E-state index in [1.165, 1.54) is 0 Å². The lowest BCUT2D eigenvalue weighted by Gasteiger charge is -2.17. The molecule has 0 fully saturated rings. The minimum absolute atomic E-state index is 0.273. The van der Waals surface area contributed by atoms with Crippen molar-refractivity contribution in [3.05, 3.63) is 76.4 Å². The highest BCUT2D eigenvalue weighted by molar-refractivity contribution is 6.30. The zero-order valence-electron chi connectivity index (χ0n) is 11.0. The molecule has 0 aromatic heterocycles. The van der Waals surface area contributed by atoms with Crippen LogP contribution in [0.25, 0.3) is 6.08 Å². The number of nitrogens with zero attached hydrogens (tertiary/aromatic N) is 1. The van der Waals surface area contributed by atoms with Gasteiger partial charge >= 0.3 is 0 Å². The van der Waals surface area contributed by atoms with Crippen LogP contribution in [0.2, 0.25) is 5.02 Å². The van der Waals surface area contributed by atoms with Gasteiger partial charge in [0.1, 0.15) is 5.70 Å². The van der Waals surface area contributed by atoms with E-state index in [1.807, 2.05) is 42.5 Å². The van der Waals surface area contributed by atoms with E-state index < -0.39 is 0 Å². The molecular formula is C16H12ClN3O. The van der Waals surface area contributed by atoms with Crippen molar-refractivity contribution >= 4 is 29.4 Å². The van der Waals surface area contributed by atoms with Crippen molar-refractivity contribution in [3.8, 4) is 0 Å². The molecule has 21 heavy (non-hydrogen) atoms. The van der Waals surface area contributed by atoms with Crippen molar-refractivity contribution in [2.24, 2.45) is 4.99 Å². The quantitative estimate of drug-likeness (QED) is 0.838. The van der Waals surface area contributed by atoms with Crippen molar-refractivity contribution in [1.29, 1.82) is 0 Å². The second-order valence-electron chi connectivity index (χ2n) is 4.49. The average molecular weight is 298 g/mol. The third kappa shape index (κ3) is 3.12. The van der Waals surface area contributed by atoms with Gasteiger partial charge in [0.15, 0.2) is 5.84 Å². The van der Waals surface area contributed by atoms with Gasteiger partial charge < -0.3 is 0 Å². The van der Waals surface area contributed by atoms with Gasteiger partial charge in [0.05, 0.1) is 0 Å². The number of carbonyl (C=O) groups excluding carboxylic acids is 1. The second-order valence-corrected chi connectivity index (χ2v) is 4.92.